The molecule has 1 heteroatoms. The van der Waals surface area contributed by atoms with Crippen LogP contribution >= 0.6 is 0 Å². The number of aryl methyl sites for hydroxylation is 1. The van der Waals surface area contributed by atoms with Crippen molar-refractivity contribution in [3.63, 3.8) is 0 Å². The highest BCUT2D eigenvalue weighted by Crippen LogP contribution is 2.19. The molecule has 1 unspecified atom stereocenters. The quantitative estimate of drug-likeness (QED) is 0.768. The third-order valence-electron chi connectivity index (χ3n) is 2.95. The molecule has 0 aliphatic rings. The second-order valence-electron chi connectivity index (χ2n) is 5.07. The van der Waals surface area contributed by atoms with Gasteiger partial charge in [0.1, 0.15) is 0 Å². The van der Waals surface area contributed by atoms with Crippen molar-refractivity contribution in [2.45, 2.75) is 40.0 Å². The summed E-state index contributed by atoms with van der Waals surface area (Å²) in [5.41, 5.74) is 2.83. The van der Waals surface area contributed by atoms with Crippen LogP contribution < -0.4 is 5.32 Å². The lowest BCUT2D eigenvalue weighted by molar-refractivity contribution is 0.509. The van der Waals surface area contributed by atoms with Crippen molar-refractivity contribution >= 4 is 0 Å². The van der Waals surface area contributed by atoms with E-state index in [-0.39, 0.29) is 0 Å². The summed E-state index contributed by atoms with van der Waals surface area (Å²) in [6, 6.07) is 8.89. The van der Waals surface area contributed by atoms with E-state index >= 15 is 0 Å². The molecule has 0 amide bonds. The molecule has 90 valence electrons. The van der Waals surface area contributed by atoms with Crippen LogP contribution in [0, 0.1) is 12.8 Å². The van der Waals surface area contributed by atoms with Crippen LogP contribution in [0.5, 0.6) is 0 Å². The van der Waals surface area contributed by atoms with Gasteiger partial charge in [-0.15, -0.1) is 0 Å². The number of hydrogen-bond donors (Lipinski definition) is 1. The number of benzene rings is 1. The second-order valence-corrected chi connectivity index (χ2v) is 5.07. The topological polar surface area (TPSA) is 12.0 Å². The first-order chi connectivity index (χ1) is 7.63. The third-order valence-corrected chi connectivity index (χ3v) is 2.95. The molecule has 1 aromatic carbocycles. The predicted octanol–water partition coefficient (Wildman–Crippen LogP) is 3.73. The Kier molecular flexibility index (Phi) is 5.54. The largest absolute Gasteiger partial charge is 0.316 e. The van der Waals surface area contributed by atoms with Crippen LogP contribution in [0.15, 0.2) is 24.3 Å². The minimum absolute atomic E-state index is 0.652. The number of rotatable bonds is 6. The van der Waals surface area contributed by atoms with E-state index in [0.29, 0.717) is 5.92 Å². The minimum Gasteiger partial charge on any atom is -0.316 e. The molecule has 0 fully saturated rings. The van der Waals surface area contributed by atoms with E-state index in [4.69, 9.17) is 0 Å². The van der Waals surface area contributed by atoms with Crippen molar-refractivity contribution in [1.29, 1.82) is 0 Å². The summed E-state index contributed by atoms with van der Waals surface area (Å²) >= 11 is 0. The van der Waals surface area contributed by atoms with Gasteiger partial charge in [-0.1, -0.05) is 50.6 Å². The molecule has 0 aromatic heterocycles. The Morgan fingerprint density at radius 3 is 2.50 bits per heavy atom. The van der Waals surface area contributed by atoms with Gasteiger partial charge < -0.3 is 5.32 Å². The smallest absolute Gasteiger partial charge is 0.00201 e. The maximum Gasteiger partial charge on any atom is 0.00201 e. The Morgan fingerprint density at radius 2 is 1.94 bits per heavy atom. The molecule has 1 nitrogen and oxygen atoms in total. The highest BCUT2D eigenvalue weighted by atomic mass is 14.9. The van der Waals surface area contributed by atoms with E-state index in [9.17, 15) is 0 Å². The van der Waals surface area contributed by atoms with Crippen molar-refractivity contribution < 1.29 is 0 Å². The lowest BCUT2D eigenvalue weighted by Gasteiger charge is -2.17. The summed E-state index contributed by atoms with van der Waals surface area (Å²) in [4.78, 5) is 0. The van der Waals surface area contributed by atoms with Gasteiger partial charge in [0.15, 0.2) is 0 Å². The van der Waals surface area contributed by atoms with Crippen LogP contribution in [-0.2, 0) is 0 Å². The van der Waals surface area contributed by atoms with Gasteiger partial charge in [0.25, 0.3) is 0 Å². The normalized spacial score (nSPS) is 13.1. The first-order valence-corrected chi connectivity index (χ1v) is 6.40. The predicted molar refractivity (Wildman–Crippen MR) is 71.9 cm³/mol. The molecule has 0 saturated heterocycles. The highest BCUT2D eigenvalue weighted by molar-refractivity contribution is 5.25. The van der Waals surface area contributed by atoms with Crippen LogP contribution in [0.2, 0.25) is 0 Å². The fourth-order valence-electron chi connectivity index (χ4n) is 1.97. The van der Waals surface area contributed by atoms with Crippen molar-refractivity contribution in [2.24, 2.45) is 5.92 Å². The summed E-state index contributed by atoms with van der Waals surface area (Å²) in [7, 11) is 0. The summed E-state index contributed by atoms with van der Waals surface area (Å²) in [5.74, 6) is 1.38. The Bertz CT molecular complexity index is 304. The van der Waals surface area contributed by atoms with Crippen molar-refractivity contribution in [3.8, 4) is 0 Å². The van der Waals surface area contributed by atoms with Crippen molar-refractivity contribution in [1.82, 2.24) is 5.32 Å². The number of hydrogen-bond acceptors (Lipinski definition) is 1. The van der Waals surface area contributed by atoms with Gasteiger partial charge in [-0.3, -0.25) is 0 Å². The molecular formula is C15H25N. The molecule has 0 aliphatic heterocycles. The molecule has 16 heavy (non-hydrogen) atoms. The van der Waals surface area contributed by atoms with Crippen LogP contribution in [0.1, 0.15) is 44.2 Å². The Hall–Kier alpha value is -0.820. The van der Waals surface area contributed by atoms with Crippen molar-refractivity contribution in [3.05, 3.63) is 35.4 Å². The molecule has 0 heterocycles. The molecule has 0 radical (unpaired) electrons. The maximum absolute atomic E-state index is 3.55. The average Bonchev–Trinajstić information content (AvgIpc) is 2.24. The van der Waals surface area contributed by atoms with Crippen molar-refractivity contribution in [2.75, 3.05) is 13.1 Å². The average molecular weight is 219 g/mol. The molecule has 1 atom stereocenters. The van der Waals surface area contributed by atoms with E-state index in [1.165, 1.54) is 17.5 Å². The first-order valence-electron chi connectivity index (χ1n) is 6.40. The lowest BCUT2D eigenvalue weighted by Crippen LogP contribution is -2.25. The van der Waals surface area contributed by atoms with Crippen LogP contribution in [-0.4, -0.2) is 13.1 Å². The molecule has 0 spiro atoms. The van der Waals surface area contributed by atoms with Gasteiger partial charge in [0.2, 0.25) is 0 Å². The van der Waals surface area contributed by atoms with Gasteiger partial charge in [0.05, 0.1) is 0 Å². The van der Waals surface area contributed by atoms with Gasteiger partial charge in [-0.05, 0) is 37.3 Å². The van der Waals surface area contributed by atoms with E-state index in [0.717, 1.165) is 19.0 Å². The first kappa shape index (κ1) is 13.2. The SMILES string of the molecule is CCC(CNCC(C)C)c1cccc(C)c1. The van der Waals surface area contributed by atoms with Crippen LogP contribution in [0.3, 0.4) is 0 Å². The van der Waals surface area contributed by atoms with E-state index in [1.807, 2.05) is 0 Å². The Balaban J connectivity index is 2.53. The fourth-order valence-corrected chi connectivity index (χ4v) is 1.97. The zero-order chi connectivity index (χ0) is 12.0. The molecular weight excluding hydrogens is 194 g/mol. The number of nitrogens with one attached hydrogen (secondary N) is 1. The molecule has 0 aliphatic carbocycles. The Labute approximate surface area is 100 Å². The van der Waals surface area contributed by atoms with E-state index in [2.05, 4.69) is 57.3 Å². The van der Waals surface area contributed by atoms with Gasteiger partial charge in [0, 0.05) is 6.54 Å². The summed E-state index contributed by atoms with van der Waals surface area (Å²) in [6.45, 7) is 11.1. The lowest BCUT2D eigenvalue weighted by atomic mass is 9.95. The minimum atomic E-state index is 0.652. The van der Waals surface area contributed by atoms with E-state index < -0.39 is 0 Å². The standard InChI is InChI=1S/C15H25N/c1-5-14(11-16-10-12(2)3)15-8-6-7-13(4)9-15/h6-9,12,14,16H,5,10-11H2,1-4H3. The molecule has 1 rings (SSSR count). The van der Waals surface area contributed by atoms with Gasteiger partial charge >= 0.3 is 0 Å². The molecule has 0 bridgehead atoms. The van der Waals surface area contributed by atoms with Crippen LogP contribution in [0.4, 0.5) is 0 Å². The monoisotopic (exact) mass is 219 g/mol. The summed E-state index contributed by atoms with van der Waals surface area (Å²) in [5, 5.41) is 3.55. The zero-order valence-corrected chi connectivity index (χ0v) is 11.1. The van der Waals surface area contributed by atoms with Gasteiger partial charge in [-0.25, -0.2) is 0 Å². The summed E-state index contributed by atoms with van der Waals surface area (Å²) in [6.07, 6.45) is 1.20. The highest BCUT2D eigenvalue weighted by Gasteiger charge is 2.08. The maximum atomic E-state index is 3.55. The van der Waals surface area contributed by atoms with E-state index in [1.54, 1.807) is 0 Å². The molecule has 0 saturated carbocycles. The zero-order valence-electron chi connectivity index (χ0n) is 11.1. The third kappa shape index (κ3) is 4.36. The second kappa shape index (κ2) is 6.70. The van der Waals surface area contributed by atoms with Crippen LogP contribution in [0.25, 0.3) is 0 Å². The summed E-state index contributed by atoms with van der Waals surface area (Å²) < 4.78 is 0. The molecule has 1 N–H and O–H groups in total. The van der Waals surface area contributed by atoms with Gasteiger partial charge in [-0.2, -0.15) is 0 Å². The Morgan fingerprint density at radius 1 is 1.19 bits per heavy atom. The molecule has 1 aromatic rings. The fraction of sp³-hybridized carbons (Fsp3) is 0.600.